The molecule has 0 spiro atoms. The Hall–Kier alpha value is -1.13. The van der Waals surface area contributed by atoms with Crippen LogP contribution in [0, 0.1) is 0 Å². The van der Waals surface area contributed by atoms with Gasteiger partial charge in [-0.05, 0) is 31.9 Å². The average Bonchev–Trinajstić information content (AvgIpc) is 2.54. The highest BCUT2D eigenvalue weighted by atomic mass is 16.5. The number of hydrogen-bond donors (Lipinski definition) is 1. The third kappa shape index (κ3) is 3.17. The Bertz CT molecular complexity index is 350. The van der Waals surface area contributed by atoms with Crippen molar-refractivity contribution >= 4 is 5.82 Å². The summed E-state index contributed by atoms with van der Waals surface area (Å²) < 4.78 is 5.63. The molecule has 0 amide bonds. The third-order valence-electron chi connectivity index (χ3n) is 3.07. The molecule has 1 saturated heterocycles. The minimum atomic E-state index is 0.0444. The number of rotatable bonds is 2. The van der Waals surface area contributed by atoms with E-state index in [4.69, 9.17) is 10.5 Å². The lowest BCUT2D eigenvalue weighted by atomic mass is 10.1. The summed E-state index contributed by atoms with van der Waals surface area (Å²) in [4.78, 5) is 6.77. The van der Waals surface area contributed by atoms with Crippen LogP contribution < -0.4 is 10.6 Å². The minimum absolute atomic E-state index is 0.0444. The van der Waals surface area contributed by atoms with Gasteiger partial charge in [0.1, 0.15) is 5.82 Å². The van der Waals surface area contributed by atoms with Crippen molar-refractivity contribution in [2.24, 2.45) is 5.73 Å². The van der Waals surface area contributed by atoms with Crippen LogP contribution in [-0.2, 0) is 4.74 Å². The number of nitrogens with two attached hydrogens (primary N) is 1. The zero-order valence-corrected chi connectivity index (χ0v) is 10.6. The van der Waals surface area contributed by atoms with E-state index >= 15 is 0 Å². The summed E-state index contributed by atoms with van der Waals surface area (Å²) in [6, 6.07) is 4.16. The second kappa shape index (κ2) is 5.47. The number of anilines is 1. The van der Waals surface area contributed by atoms with Gasteiger partial charge in [0, 0.05) is 31.9 Å². The number of ether oxygens (including phenoxy) is 1. The molecule has 0 bridgehead atoms. The maximum Gasteiger partial charge on any atom is 0.128 e. The molecule has 0 aromatic carbocycles. The van der Waals surface area contributed by atoms with Crippen LogP contribution in [0.3, 0.4) is 0 Å². The summed E-state index contributed by atoms with van der Waals surface area (Å²) in [5, 5.41) is 0. The fourth-order valence-corrected chi connectivity index (χ4v) is 2.06. The molecule has 1 aromatic heterocycles. The SMILES string of the molecule is CC1CN(c2ccc([C@H](C)N)cn2)CCCO1. The maximum absolute atomic E-state index is 5.82. The smallest absolute Gasteiger partial charge is 0.128 e. The van der Waals surface area contributed by atoms with Crippen molar-refractivity contribution in [1.82, 2.24) is 4.98 Å². The fourth-order valence-electron chi connectivity index (χ4n) is 2.06. The van der Waals surface area contributed by atoms with Gasteiger partial charge < -0.3 is 15.4 Å². The molecule has 2 heterocycles. The van der Waals surface area contributed by atoms with Crippen LogP contribution in [0.1, 0.15) is 31.9 Å². The molecule has 4 nitrogen and oxygen atoms in total. The van der Waals surface area contributed by atoms with Crippen molar-refractivity contribution < 1.29 is 4.74 Å². The molecule has 2 N–H and O–H groups in total. The van der Waals surface area contributed by atoms with Gasteiger partial charge in [0.2, 0.25) is 0 Å². The Morgan fingerprint density at radius 3 is 3.00 bits per heavy atom. The first-order valence-corrected chi connectivity index (χ1v) is 6.25. The standard InChI is InChI=1S/C13H21N3O/c1-10-9-16(6-3-7-17-10)13-5-4-12(8-15-13)11(2)14/h4-5,8,10-11H,3,6-7,9,14H2,1-2H3/t10?,11-/m0/s1. The molecule has 1 aliphatic rings. The van der Waals surface area contributed by atoms with Crippen molar-refractivity contribution in [1.29, 1.82) is 0 Å². The second-order valence-corrected chi connectivity index (χ2v) is 4.72. The highest BCUT2D eigenvalue weighted by Gasteiger charge is 2.16. The number of pyridine rings is 1. The monoisotopic (exact) mass is 235 g/mol. The molecular formula is C13H21N3O. The molecule has 1 fully saturated rings. The minimum Gasteiger partial charge on any atom is -0.377 e. The van der Waals surface area contributed by atoms with Crippen molar-refractivity contribution in [3.8, 4) is 0 Å². The zero-order valence-electron chi connectivity index (χ0n) is 10.6. The molecule has 1 aromatic rings. The Kier molecular flexibility index (Phi) is 3.97. The molecule has 1 aliphatic heterocycles. The van der Waals surface area contributed by atoms with Gasteiger partial charge in [-0.15, -0.1) is 0 Å². The van der Waals surface area contributed by atoms with Gasteiger partial charge in [-0.1, -0.05) is 6.07 Å². The van der Waals surface area contributed by atoms with Gasteiger partial charge in [0.15, 0.2) is 0 Å². The van der Waals surface area contributed by atoms with Crippen LogP contribution in [0.25, 0.3) is 0 Å². The molecule has 2 rings (SSSR count). The van der Waals surface area contributed by atoms with E-state index in [1.807, 2.05) is 13.1 Å². The van der Waals surface area contributed by atoms with E-state index in [1.54, 1.807) is 0 Å². The molecule has 4 heteroatoms. The third-order valence-corrected chi connectivity index (χ3v) is 3.07. The van der Waals surface area contributed by atoms with Crippen molar-refractivity contribution in [2.45, 2.75) is 32.4 Å². The summed E-state index contributed by atoms with van der Waals surface area (Å²) >= 11 is 0. The lowest BCUT2D eigenvalue weighted by Gasteiger charge is -2.23. The Balaban J connectivity index is 2.10. The molecule has 0 aliphatic carbocycles. The van der Waals surface area contributed by atoms with Crippen LogP contribution in [0.2, 0.25) is 0 Å². The zero-order chi connectivity index (χ0) is 12.3. The molecule has 2 atom stereocenters. The van der Waals surface area contributed by atoms with E-state index in [-0.39, 0.29) is 12.1 Å². The Labute approximate surface area is 103 Å². The quantitative estimate of drug-likeness (QED) is 0.848. The summed E-state index contributed by atoms with van der Waals surface area (Å²) in [5.41, 5.74) is 6.89. The van der Waals surface area contributed by atoms with Crippen LogP contribution in [0.4, 0.5) is 5.82 Å². The first kappa shape index (κ1) is 12.3. The van der Waals surface area contributed by atoms with Crippen molar-refractivity contribution in [3.63, 3.8) is 0 Å². The van der Waals surface area contributed by atoms with Gasteiger partial charge in [0.05, 0.1) is 6.10 Å². The number of nitrogens with zero attached hydrogens (tertiary/aromatic N) is 2. The predicted molar refractivity (Wildman–Crippen MR) is 69.1 cm³/mol. The first-order chi connectivity index (χ1) is 8.16. The van der Waals surface area contributed by atoms with Crippen LogP contribution in [0.5, 0.6) is 0 Å². The average molecular weight is 235 g/mol. The summed E-state index contributed by atoms with van der Waals surface area (Å²) in [7, 11) is 0. The predicted octanol–water partition coefficient (Wildman–Crippen LogP) is 1.72. The van der Waals surface area contributed by atoms with Gasteiger partial charge in [-0.3, -0.25) is 0 Å². The van der Waals surface area contributed by atoms with Crippen LogP contribution in [-0.4, -0.2) is 30.8 Å². The number of aromatic nitrogens is 1. The van der Waals surface area contributed by atoms with E-state index in [0.717, 1.165) is 37.5 Å². The molecular weight excluding hydrogens is 214 g/mol. The van der Waals surface area contributed by atoms with Gasteiger partial charge in [-0.2, -0.15) is 0 Å². The largest absolute Gasteiger partial charge is 0.377 e. The van der Waals surface area contributed by atoms with Gasteiger partial charge in [0.25, 0.3) is 0 Å². The lowest BCUT2D eigenvalue weighted by molar-refractivity contribution is 0.0820. The van der Waals surface area contributed by atoms with Crippen molar-refractivity contribution in [2.75, 3.05) is 24.6 Å². The summed E-state index contributed by atoms with van der Waals surface area (Å²) in [6.07, 6.45) is 3.20. The Morgan fingerprint density at radius 1 is 1.53 bits per heavy atom. The molecule has 0 saturated carbocycles. The van der Waals surface area contributed by atoms with E-state index in [9.17, 15) is 0 Å². The second-order valence-electron chi connectivity index (χ2n) is 4.72. The van der Waals surface area contributed by atoms with Crippen molar-refractivity contribution in [3.05, 3.63) is 23.9 Å². The Morgan fingerprint density at radius 2 is 2.35 bits per heavy atom. The van der Waals surface area contributed by atoms with Gasteiger partial charge >= 0.3 is 0 Å². The number of hydrogen-bond acceptors (Lipinski definition) is 4. The molecule has 17 heavy (non-hydrogen) atoms. The highest BCUT2D eigenvalue weighted by Crippen LogP contribution is 2.17. The van der Waals surface area contributed by atoms with E-state index in [0.29, 0.717) is 0 Å². The van der Waals surface area contributed by atoms with E-state index in [1.165, 1.54) is 0 Å². The highest BCUT2D eigenvalue weighted by molar-refractivity contribution is 5.40. The maximum atomic E-state index is 5.82. The summed E-state index contributed by atoms with van der Waals surface area (Å²) in [6.45, 7) is 6.84. The molecule has 94 valence electrons. The first-order valence-electron chi connectivity index (χ1n) is 6.25. The van der Waals surface area contributed by atoms with E-state index in [2.05, 4.69) is 28.9 Å². The van der Waals surface area contributed by atoms with Crippen LogP contribution >= 0.6 is 0 Å². The fraction of sp³-hybridized carbons (Fsp3) is 0.615. The topological polar surface area (TPSA) is 51.4 Å². The van der Waals surface area contributed by atoms with Gasteiger partial charge in [-0.25, -0.2) is 4.98 Å². The van der Waals surface area contributed by atoms with E-state index < -0.39 is 0 Å². The normalized spacial score (nSPS) is 23.2. The van der Waals surface area contributed by atoms with Crippen LogP contribution in [0.15, 0.2) is 18.3 Å². The summed E-state index contributed by atoms with van der Waals surface area (Å²) in [5.74, 6) is 1.02. The molecule has 0 radical (unpaired) electrons. The lowest BCUT2D eigenvalue weighted by Crippen LogP contribution is -2.30. The molecule has 1 unspecified atom stereocenters.